The summed E-state index contributed by atoms with van der Waals surface area (Å²) in [5.41, 5.74) is 1.19. The quantitative estimate of drug-likeness (QED) is 0.815. The van der Waals surface area contributed by atoms with Gasteiger partial charge < -0.3 is 15.3 Å². The highest BCUT2D eigenvalue weighted by Gasteiger charge is 2.42. The molecule has 1 fully saturated rings. The topological polar surface area (TPSA) is 86.7 Å². The fourth-order valence-corrected chi connectivity index (χ4v) is 4.16. The van der Waals surface area contributed by atoms with Crippen LogP contribution >= 0.6 is 11.3 Å². The number of likely N-dealkylation sites (tertiary alicyclic amines) is 1. The van der Waals surface area contributed by atoms with Gasteiger partial charge in [-0.05, 0) is 35.6 Å². The van der Waals surface area contributed by atoms with Crippen LogP contribution in [0.15, 0.2) is 41.8 Å². The number of nitrogens with one attached hydrogen (secondary N) is 1. The number of carboxylic acids is 1. The van der Waals surface area contributed by atoms with E-state index in [2.05, 4.69) is 5.32 Å². The standard InChI is InChI=1S/C19H20N2O4S/c1-21-16(22)11-14(17(21)15-3-2-10-26-15)18(23)20-9-8-12-4-6-13(7-5-12)19(24)25/h2-7,10,14,17H,8-9,11H2,1H3,(H,20,23)(H,24,25)/t14-,17+/m0/s1. The maximum Gasteiger partial charge on any atom is 0.335 e. The number of thiophene rings is 1. The number of hydrogen-bond acceptors (Lipinski definition) is 4. The first-order valence-electron chi connectivity index (χ1n) is 8.36. The molecule has 0 radical (unpaired) electrons. The minimum Gasteiger partial charge on any atom is -0.478 e. The molecular formula is C19H20N2O4S. The van der Waals surface area contributed by atoms with E-state index in [-0.39, 0.29) is 35.8 Å². The zero-order valence-electron chi connectivity index (χ0n) is 14.3. The summed E-state index contributed by atoms with van der Waals surface area (Å²) in [7, 11) is 1.74. The summed E-state index contributed by atoms with van der Waals surface area (Å²) in [6.07, 6.45) is 0.823. The zero-order chi connectivity index (χ0) is 18.7. The maximum absolute atomic E-state index is 12.6. The van der Waals surface area contributed by atoms with Crippen LogP contribution in [0.2, 0.25) is 0 Å². The van der Waals surface area contributed by atoms with Gasteiger partial charge in [-0.3, -0.25) is 9.59 Å². The molecule has 0 bridgehead atoms. The molecule has 0 saturated carbocycles. The highest BCUT2D eigenvalue weighted by molar-refractivity contribution is 7.10. The highest BCUT2D eigenvalue weighted by atomic mass is 32.1. The summed E-state index contributed by atoms with van der Waals surface area (Å²) in [6, 6.07) is 10.3. The molecule has 3 rings (SSSR count). The van der Waals surface area contributed by atoms with E-state index in [1.807, 2.05) is 17.5 Å². The first-order chi connectivity index (χ1) is 12.5. The predicted octanol–water partition coefficient (Wildman–Crippen LogP) is 2.32. The third kappa shape index (κ3) is 3.77. The highest BCUT2D eigenvalue weighted by Crippen LogP contribution is 2.39. The molecule has 2 heterocycles. The summed E-state index contributed by atoms with van der Waals surface area (Å²) in [5.74, 6) is -1.49. The molecule has 7 heteroatoms. The van der Waals surface area contributed by atoms with Crippen molar-refractivity contribution in [2.75, 3.05) is 13.6 Å². The van der Waals surface area contributed by atoms with Crippen molar-refractivity contribution in [3.63, 3.8) is 0 Å². The molecule has 2 aromatic rings. The molecule has 2 N–H and O–H groups in total. The molecular weight excluding hydrogens is 352 g/mol. The Morgan fingerprint density at radius 3 is 2.62 bits per heavy atom. The molecule has 1 aromatic carbocycles. The van der Waals surface area contributed by atoms with E-state index in [0.29, 0.717) is 13.0 Å². The Balaban J connectivity index is 1.58. The van der Waals surface area contributed by atoms with Crippen LogP contribution in [-0.4, -0.2) is 41.4 Å². The molecule has 1 aliphatic rings. The summed E-state index contributed by atoms with van der Waals surface area (Å²) < 4.78 is 0. The largest absolute Gasteiger partial charge is 0.478 e. The molecule has 1 aliphatic heterocycles. The Kier molecular flexibility index (Phi) is 5.37. The number of carbonyl (C=O) groups is 3. The molecule has 6 nitrogen and oxygen atoms in total. The second-order valence-corrected chi connectivity index (χ2v) is 7.30. The Bertz CT molecular complexity index is 801. The van der Waals surface area contributed by atoms with Gasteiger partial charge in [0.2, 0.25) is 11.8 Å². The van der Waals surface area contributed by atoms with Gasteiger partial charge in [-0.15, -0.1) is 11.3 Å². The maximum atomic E-state index is 12.6. The van der Waals surface area contributed by atoms with E-state index < -0.39 is 5.97 Å². The minimum absolute atomic E-state index is 0.0205. The molecule has 1 aromatic heterocycles. The lowest BCUT2D eigenvalue weighted by Crippen LogP contribution is -2.35. The Hall–Kier alpha value is -2.67. The van der Waals surface area contributed by atoms with Crippen LogP contribution in [0.1, 0.15) is 33.3 Å². The molecule has 2 atom stereocenters. The third-order valence-electron chi connectivity index (χ3n) is 4.67. The van der Waals surface area contributed by atoms with Gasteiger partial charge in [-0.1, -0.05) is 18.2 Å². The van der Waals surface area contributed by atoms with Gasteiger partial charge in [-0.25, -0.2) is 4.79 Å². The fourth-order valence-electron chi connectivity index (χ4n) is 3.23. The summed E-state index contributed by atoms with van der Waals surface area (Å²) >= 11 is 1.55. The first kappa shape index (κ1) is 18.1. The van der Waals surface area contributed by atoms with Crippen molar-refractivity contribution in [1.29, 1.82) is 0 Å². The van der Waals surface area contributed by atoms with Gasteiger partial charge >= 0.3 is 5.97 Å². The summed E-state index contributed by atoms with van der Waals surface area (Å²) in [6.45, 7) is 0.441. The number of benzene rings is 1. The van der Waals surface area contributed by atoms with Gasteiger partial charge in [0.1, 0.15) is 0 Å². The Morgan fingerprint density at radius 2 is 2.00 bits per heavy atom. The first-order valence-corrected chi connectivity index (χ1v) is 9.24. The number of amides is 2. The minimum atomic E-state index is -0.959. The van der Waals surface area contributed by atoms with Gasteiger partial charge in [0.15, 0.2) is 0 Å². The van der Waals surface area contributed by atoms with Crippen LogP contribution in [0.3, 0.4) is 0 Å². The third-order valence-corrected chi connectivity index (χ3v) is 5.61. The van der Waals surface area contributed by atoms with E-state index >= 15 is 0 Å². The predicted molar refractivity (Wildman–Crippen MR) is 98.1 cm³/mol. The molecule has 26 heavy (non-hydrogen) atoms. The second kappa shape index (κ2) is 7.70. The number of nitrogens with zero attached hydrogens (tertiary/aromatic N) is 1. The van der Waals surface area contributed by atoms with Crippen molar-refractivity contribution in [3.05, 3.63) is 57.8 Å². The van der Waals surface area contributed by atoms with E-state index in [1.165, 1.54) is 0 Å². The number of carbonyl (C=O) groups excluding carboxylic acids is 2. The molecule has 136 valence electrons. The number of aromatic carboxylic acids is 1. The fraction of sp³-hybridized carbons (Fsp3) is 0.316. The van der Waals surface area contributed by atoms with Crippen LogP contribution in [0.5, 0.6) is 0 Å². The number of carboxylic acid groups (broad SMARTS) is 1. The van der Waals surface area contributed by atoms with Crippen LogP contribution in [0, 0.1) is 5.92 Å². The van der Waals surface area contributed by atoms with Crippen molar-refractivity contribution in [2.24, 2.45) is 5.92 Å². The van der Waals surface area contributed by atoms with Crippen LogP contribution in [0.25, 0.3) is 0 Å². The molecule has 0 aliphatic carbocycles. The zero-order valence-corrected chi connectivity index (χ0v) is 15.2. The SMILES string of the molecule is CN1C(=O)C[C@H](C(=O)NCCc2ccc(C(=O)O)cc2)[C@@H]1c1cccs1. The summed E-state index contributed by atoms with van der Waals surface area (Å²) in [5, 5.41) is 13.8. The lowest BCUT2D eigenvalue weighted by Gasteiger charge is -2.23. The van der Waals surface area contributed by atoms with Crippen molar-refractivity contribution in [1.82, 2.24) is 10.2 Å². The van der Waals surface area contributed by atoms with E-state index in [4.69, 9.17) is 5.11 Å². The molecule has 2 amide bonds. The van der Waals surface area contributed by atoms with Crippen molar-refractivity contribution in [2.45, 2.75) is 18.9 Å². The molecule has 1 saturated heterocycles. The average molecular weight is 372 g/mol. The van der Waals surface area contributed by atoms with Crippen LogP contribution in [-0.2, 0) is 16.0 Å². The van der Waals surface area contributed by atoms with E-state index in [1.54, 1.807) is 47.5 Å². The van der Waals surface area contributed by atoms with Crippen molar-refractivity contribution < 1.29 is 19.5 Å². The Morgan fingerprint density at radius 1 is 1.27 bits per heavy atom. The summed E-state index contributed by atoms with van der Waals surface area (Å²) in [4.78, 5) is 38.2. The van der Waals surface area contributed by atoms with Crippen LogP contribution in [0.4, 0.5) is 0 Å². The molecule has 0 spiro atoms. The monoisotopic (exact) mass is 372 g/mol. The lowest BCUT2D eigenvalue weighted by atomic mass is 9.98. The van der Waals surface area contributed by atoms with Crippen LogP contribution < -0.4 is 5.32 Å². The smallest absolute Gasteiger partial charge is 0.335 e. The lowest BCUT2D eigenvalue weighted by molar-refractivity contribution is -0.128. The van der Waals surface area contributed by atoms with Gasteiger partial charge in [-0.2, -0.15) is 0 Å². The second-order valence-electron chi connectivity index (χ2n) is 6.32. The van der Waals surface area contributed by atoms with Gasteiger partial charge in [0.05, 0.1) is 17.5 Å². The van der Waals surface area contributed by atoms with Crippen molar-refractivity contribution >= 4 is 29.1 Å². The van der Waals surface area contributed by atoms with Crippen molar-refractivity contribution in [3.8, 4) is 0 Å². The normalized spacial score (nSPS) is 19.6. The average Bonchev–Trinajstić information content (AvgIpc) is 3.24. The Labute approximate surface area is 155 Å². The van der Waals surface area contributed by atoms with Gasteiger partial charge in [0.25, 0.3) is 0 Å². The molecule has 0 unspecified atom stereocenters. The number of hydrogen-bond donors (Lipinski definition) is 2. The van der Waals surface area contributed by atoms with E-state index in [9.17, 15) is 14.4 Å². The number of rotatable bonds is 6. The van der Waals surface area contributed by atoms with Gasteiger partial charge in [0, 0.05) is 24.9 Å². The van der Waals surface area contributed by atoms with E-state index in [0.717, 1.165) is 10.4 Å².